The number of methoxy groups -OCH3 is 1. The molecule has 6 heteroatoms. The molecule has 0 aliphatic heterocycles. The van der Waals surface area contributed by atoms with E-state index in [9.17, 15) is 13.2 Å². The van der Waals surface area contributed by atoms with E-state index in [1.807, 2.05) is 39.8 Å². The van der Waals surface area contributed by atoms with Gasteiger partial charge < -0.3 is 4.74 Å². The van der Waals surface area contributed by atoms with Gasteiger partial charge >= 0.3 is 5.56 Å². The van der Waals surface area contributed by atoms with Crippen LogP contribution in [-0.4, -0.2) is 19.5 Å². The Balaban J connectivity index is 2.93. The highest BCUT2D eigenvalue weighted by atomic mass is 32.2. The van der Waals surface area contributed by atoms with Crippen LogP contribution in [-0.2, 0) is 10.0 Å². The van der Waals surface area contributed by atoms with Crippen LogP contribution in [0.1, 0.15) is 76.0 Å². The number of pyridine rings is 1. The average Bonchev–Trinajstić information content (AvgIpc) is 2.60. The van der Waals surface area contributed by atoms with Crippen LogP contribution in [0, 0.1) is 0 Å². The minimum Gasteiger partial charge on any atom is -0.491 e. The molecule has 0 aliphatic rings. The van der Waals surface area contributed by atoms with Crippen molar-refractivity contribution in [2.24, 2.45) is 0 Å². The first kappa shape index (κ1) is 21.2. The fourth-order valence-electron chi connectivity index (χ4n) is 3.09. The predicted molar refractivity (Wildman–Crippen MR) is 109 cm³/mol. The van der Waals surface area contributed by atoms with E-state index in [1.165, 1.54) is 25.4 Å². The van der Waals surface area contributed by atoms with Crippen LogP contribution >= 0.6 is 0 Å². The van der Waals surface area contributed by atoms with E-state index in [1.54, 1.807) is 0 Å². The lowest BCUT2D eigenvalue weighted by Crippen LogP contribution is -2.29. The van der Waals surface area contributed by atoms with E-state index in [0.717, 1.165) is 20.7 Å². The maximum atomic E-state index is 13.6. The van der Waals surface area contributed by atoms with Crippen LogP contribution in [0.25, 0.3) is 0 Å². The molecular weight excluding hydrogens is 362 g/mol. The number of rotatable bonds is 6. The average molecular weight is 392 g/mol. The molecule has 0 saturated carbocycles. The summed E-state index contributed by atoms with van der Waals surface area (Å²) in [5, 5.41) is 0. The number of ether oxygens (including phenoxy) is 1. The van der Waals surface area contributed by atoms with Crippen molar-refractivity contribution in [3.05, 3.63) is 57.5 Å². The first-order valence-electron chi connectivity index (χ1n) is 9.21. The predicted octanol–water partition coefficient (Wildman–Crippen LogP) is 4.46. The van der Waals surface area contributed by atoms with Gasteiger partial charge in [0.05, 0.1) is 12.0 Å². The summed E-state index contributed by atoms with van der Waals surface area (Å²) < 4.78 is 32.9. The zero-order valence-electron chi connectivity index (χ0n) is 17.1. The fraction of sp³-hybridized carbons (Fsp3) is 0.476. The summed E-state index contributed by atoms with van der Waals surface area (Å²) in [6.07, 6.45) is 1.28. The molecule has 0 unspecified atom stereocenters. The van der Waals surface area contributed by atoms with Crippen molar-refractivity contribution in [3.8, 4) is 5.75 Å². The highest BCUT2D eigenvalue weighted by Gasteiger charge is 2.29. The minimum absolute atomic E-state index is 0.00271. The number of nitrogens with zero attached hydrogens (tertiary/aromatic N) is 1. The van der Waals surface area contributed by atoms with Gasteiger partial charge in [-0.05, 0) is 46.6 Å². The zero-order chi connectivity index (χ0) is 20.5. The molecule has 1 aromatic carbocycles. The Morgan fingerprint density at radius 1 is 0.926 bits per heavy atom. The second-order valence-corrected chi connectivity index (χ2v) is 9.43. The number of benzene rings is 1. The summed E-state index contributed by atoms with van der Waals surface area (Å²) >= 11 is 0. The van der Waals surface area contributed by atoms with Gasteiger partial charge in [0, 0.05) is 6.20 Å². The second kappa shape index (κ2) is 7.89. The van der Waals surface area contributed by atoms with Gasteiger partial charge in [-0.1, -0.05) is 53.7 Å². The number of hydrogen-bond donors (Lipinski definition) is 0. The molecule has 0 radical (unpaired) electrons. The minimum atomic E-state index is -4.07. The smallest absolute Gasteiger partial charge is 0.306 e. The van der Waals surface area contributed by atoms with Crippen molar-refractivity contribution >= 4 is 10.0 Å². The summed E-state index contributed by atoms with van der Waals surface area (Å²) in [6, 6.07) is 6.88. The quantitative estimate of drug-likeness (QED) is 0.729. The van der Waals surface area contributed by atoms with Gasteiger partial charge in [0.1, 0.15) is 0 Å². The van der Waals surface area contributed by atoms with E-state index in [2.05, 4.69) is 13.8 Å². The van der Waals surface area contributed by atoms with E-state index in [-0.39, 0.29) is 28.4 Å². The first-order chi connectivity index (χ1) is 12.5. The van der Waals surface area contributed by atoms with Crippen molar-refractivity contribution in [1.82, 2.24) is 3.97 Å². The molecule has 148 valence electrons. The van der Waals surface area contributed by atoms with E-state index < -0.39 is 15.6 Å². The highest BCUT2D eigenvalue weighted by Crippen LogP contribution is 2.35. The molecule has 0 bridgehead atoms. The molecule has 0 N–H and O–H groups in total. The van der Waals surface area contributed by atoms with Gasteiger partial charge in [-0.15, -0.1) is 0 Å². The third-order valence-electron chi connectivity index (χ3n) is 4.70. The van der Waals surface area contributed by atoms with Crippen LogP contribution < -0.4 is 10.3 Å². The second-order valence-electron chi connectivity index (χ2n) is 7.68. The Bertz CT molecular complexity index is 956. The maximum Gasteiger partial charge on any atom is 0.306 e. The topological polar surface area (TPSA) is 65.4 Å². The van der Waals surface area contributed by atoms with Crippen molar-refractivity contribution < 1.29 is 13.2 Å². The van der Waals surface area contributed by atoms with Crippen LogP contribution in [0.4, 0.5) is 0 Å². The molecule has 0 amide bonds. The fourth-order valence-corrected chi connectivity index (χ4v) is 5.01. The third kappa shape index (κ3) is 3.95. The van der Waals surface area contributed by atoms with Gasteiger partial charge in [-0.25, -0.2) is 12.4 Å². The van der Waals surface area contributed by atoms with Crippen LogP contribution in [0.2, 0.25) is 0 Å². The normalized spacial score (nSPS) is 12.2. The molecule has 0 saturated heterocycles. The van der Waals surface area contributed by atoms with Gasteiger partial charge in [0.2, 0.25) is 0 Å². The number of aromatic nitrogens is 1. The van der Waals surface area contributed by atoms with Crippen molar-refractivity contribution in [2.45, 2.75) is 64.2 Å². The maximum absolute atomic E-state index is 13.6. The van der Waals surface area contributed by atoms with Gasteiger partial charge in [-0.2, -0.15) is 0 Å². The lowest BCUT2D eigenvalue weighted by atomic mass is 9.89. The van der Waals surface area contributed by atoms with Gasteiger partial charge in [0.15, 0.2) is 5.75 Å². The lowest BCUT2D eigenvalue weighted by molar-refractivity contribution is 0.407. The molecule has 1 heterocycles. The monoisotopic (exact) mass is 391 g/mol. The molecule has 27 heavy (non-hydrogen) atoms. The Kier molecular flexibility index (Phi) is 6.20. The molecule has 2 rings (SSSR count). The molecule has 1 aromatic heterocycles. The molecule has 0 fully saturated rings. The van der Waals surface area contributed by atoms with Crippen LogP contribution in [0.5, 0.6) is 5.75 Å². The van der Waals surface area contributed by atoms with E-state index in [0.29, 0.717) is 0 Å². The molecular formula is C21H29NO4S. The highest BCUT2D eigenvalue weighted by molar-refractivity contribution is 7.90. The number of hydrogen-bond acceptors (Lipinski definition) is 4. The Labute approximate surface area is 162 Å². The zero-order valence-corrected chi connectivity index (χ0v) is 17.9. The first-order valence-corrected chi connectivity index (χ1v) is 10.6. The standard InChI is InChI=1S/C21H29NO4S/c1-13(2)16-11-17(14(3)4)20(18(12-16)15(5)6)27(24,25)22-10-8-9-19(26-7)21(22)23/h8-15H,1-7H3. The van der Waals surface area contributed by atoms with Crippen molar-refractivity contribution in [3.63, 3.8) is 0 Å². The van der Waals surface area contributed by atoms with Crippen LogP contribution in [0.15, 0.2) is 40.2 Å². The molecule has 2 aromatic rings. The largest absolute Gasteiger partial charge is 0.491 e. The molecule has 0 spiro atoms. The molecule has 5 nitrogen and oxygen atoms in total. The third-order valence-corrected chi connectivity index (χ3v) is 6.49. The summed E-state index contributed by atoms with van der Waals surface area (Å²) in [5.74, 6) is 0.257. The SMILES string of the molecule is COc1cccn(S(=O)(=O)c2c(C(C)C)cc(C(C)C)cc2C(C)C)c1=O. The summed E-state index contributed by atoms with van der Waals surface area (Å²) in [5.41, 5.74) is 1.89. The van der Waals surface area contributed by atoms with Gasteiger partial charge in [-0.3, -0.25) is 4.79 Å². The summed E-state index contributed by atoms with van der Waals surface area (Å²) in [7, 11) is -2.72. The van der Waals surface area contributed by atoms with E-state index in [4.69, 9.17) is 4.74 Å². The van der Waals surface area contributed by atoms with Crippen LogP contribution in [0.3, 0.4) is 0 Å². The van der Waals surface area contributed by atoms with E-state index >= 15 is 0 Å². The van der Waals surface area contributed by atoms with Gasteiger partial charge in [0.25, 0.3) is 10.0 Å². The molecule has 0 aliphatic carbocycles. The summed E-state index contributed by atoms with van der Waals surface area (Å²) in [6.45, 7) is 12.1. The Morgan fingerprint density at radius 3 is 1.85 bits per heavy atom. The lowest BCUT2D eigenvalue weighted by Gasteiger charge is -2.23. The Morgan fingerprint density at radius 2 is 1.44 bits per heavy atom. The van der Waals surface area contributed by atoms with Crippen molar-refractivity contribution in [1.29, 1.82) is 0 Å². The Hall–Kier alpha value is -2.08. The summed E-state index contributed by atoms with van der Waals surface area (Å²) in [4.78, 5) is 12.8. The van der Waals surface area contributed by atoms with Crippen molar-refractivity contribution in [2.75, 3.05) is 7.11 Å². The molecule has 0 atom stereocenters.